The third-order valence-corrected chi connectivity index (χ3v) is 2.64. The number of carbonyl (C=O) groups excluding carboxylic acids is 2. The first kappa shape index (κ1) is 16.6. The van der Waals surface area contributed by atoms with Crippen LogP contribution in [-0.4, -0.2) is 54.2 Å². The molecule has 0 saturated carbocycles. The van der Waals surface area contributed by atoms with Gasteiger partial charge in [0.2, 0.25) is 5.91 Å². The predicted molar refractivity (Wildman–Crippen MR) is 69.6 cm³/mol. The number of carboxylic acids is 1. The lowest BCUT2D eigenvalue weighted by atomic mass is 10.2. The van der Waals surface area contributed by atoms with Crippen molar-refractivity contribution >= 4 is 29.7 Å². The van der Waals surface area contributed by atoms with Gasteiger partial charge in [0.05, 0.1) is 0 Å². The lowest BCUT2D eigenvalue weighted by Gasteiger charge is -2.14. The molecule has 0 aromatic rings. The minimum atomic E-state index is -1.05. The van der Waals surface area contributed by atoms with E-state index in [1.807, 2.05) is 6.26 Å². The Balaban J connectivity index is 3.87. The third kappa shape index (κ3) is 8.68. The molecule has 3 amide bonds. The van der Waals surface area contributed by atoms with E-state index in [2.05, 4.69) is 16.0 Å². The van der Waals surface area contributed by atoms with Gasteiger partial charge in [0, 0.05) is 20.0 Å². The van der Waals surface area contributed by atoms with Crippen molar-refractivity contribution in [2.45, 2.75) is 19.4 Å². The van der Waals surface area contributed by atoms with Crippen LogP contribution in [0.3, 0.4) is 0 Å². The second kappa shape index (κ2) is 9.58. The van der Waals surface area contributed by atoms with Crippen LogP contribution < -0.4 is 16.0 Å². The lowest BCUT2D eigenvalue weighted by Crippen LogP contribution is -2.47. The topological polar surface area (TPSA) is 108 Å². The first-order valence-corrected chi connectivity index (χ1v) is 6.87. The molecule has 0 aliphatic rings. The first-order chi connectivity index (χ1) is 8.47. The molecule has 104 valence electrons. The Morgan fingerprint density at radius 3 is 2.33 bits per heavy atom. The predicted octanol–water partition coefficient (Wildman–Crippen LogP) is -0.372. The average Bonchev–Trinajstić information content (AvgIpc) is 2.29. The number of hydrogen-bond donors (Lipinski definition) is 4. The quantitative estimate of drug-likeness (QED) is 0.453. The smallest absolute Gasteiger partial charge is 0.326 e. The van der Waals surface area contributed by atoms with E-state index in [9.17, 15) is 14.4 Å². The van der Waals surface area contributed by atoms with E-state index in [1.165, 1.54) is 18.7 Å². The summed E-state index contributed by atoms with van der Waals surface area (Å²) in [6.07, 6.45) is 2.24. The molecule has 18 heavy (non-hydrogen) atoms. The Labute approximate surface area is 110 Å². The van der Waals surface area contributed by atoms with Gasteiger partial charge in [-0.15, -0.1) is 0 Å². The molecule has 0 bridgehead atoms. The zero-order valence-corrected chi connectivity index (χ0v) is 11.3. The van der Waals surface area contributed by atoms with Gasteiger partial charge in [-0.1, -0.05) is 0 Å². The van der Waals surface area contributed by atoms with Crippen LogP contribution in [0.15, 0.2) is 0 Å². The van der Waals surface area contributed by atoms with Crippen molar-refractivity contribution in [2.24, 2.45) is 0 Å². The number of aliphatic carboxylic acids is 1. The monoisotopic (exact) mass is 277 g/mol. The fourth-order valence-electron chi connectivity index (χ4n) is 1.12. The number of carboxylic acid groups (broad SMARTS) is 1. The Morgan fingerprint density at radius 1 is 1.22 bits per heavy atom. The second-order valence-corrected chi connectivity index (χ2v) is 4.54. The highest BCUT2D eigenvalue weighted by molar-refractivity contribution is 7.98. The maximum absolute atomic E-state index is 11.4. The molecule has 0 aliphatic carbocycles. The summed E-state index contributed by atoms with van der Waals surface area (Å²) in [5.41, 5.74) is 0. The molecule has 0 aromatic heterocycles. The molecule has 8 heteroatoms. The van der Waals surface area contributed by atoms with Crippen molar-refractivity contribution in [1.29, 1.82) is 0 Å². The van der Waals surface area contributed by atoms with Crippen LogP contribution in [0.4, 0.5) is 4.79 Å². The molecule has 0 aromatic carbocycles. The van der Waals surface area contributed by atoms with Gasteiger partial charge in [0.1, 0.15) is 6.04 Å². The van der Waals surface area contributed by atoms with Crippen LogP contribution >= 0.6 is 11.8 Å². The third-order valence-electron chi connectivity index (χ3n) is 2.00. The van der Waals surface area contributed by atoms with Crippen LogP contribution in [-0.2, 0) is 9.59 Å². The van der Waals surface area contributed by atoms with E-state index in [0.717, 1.165) is 0 Å². The summed E-state index contributed by atoms with van der Waals surface area (Å²) in [5, 5.41) is 16.2. The Bertz CT molecular complexity index is 299. The average molecular weight is 277 g/mol. The van der Waals surface area contributed by atoms with Gasteiger partial charge in [0.25, 0.3) is 0 Å². The van der Waals surface area contributed by atoms with E-state index in [4.69, 9.17) is 5.11 Å². The van der Waals surface area contributed by atoms with Crippen LogP contribution in [0.5, 0.6) is 0 Å². The highest BCUT2D eigenvalue weighted by atomic mass is 32.2. The number of thioether (sulfide) groups is 1. The summed E-state index contributed by atoms with van der Waals surface area (Å²) >= 11 is 1.52. The fourth-order valence-corrected chi connectivity index (χ4v) is 1.59. The molecule has 0 aliphatic heterocycles. The van der Waals surface area contributed by atoms with Gasteiger partial charge in [-0.3, -0.25) is 4.79 Å². The molecule has 0 spiro atoms. The molecule has 0 fully saturated rings. The zero-order valence-electron chi connectivity index (χ0n) is 10.5. The number of nitrogens with one attached hydrogen (secondary N) is 3. The maximum atomic E-state index is 11.4. The molecule has 1 atom stereocenters. The molecular weight excluding hydrogens is 258 g/mol. The summed E-state index contributed by atoms with van der Waals surface area (Å²) in [5.74, 6) is -0.579. The molecule has 0 radical (unpaired) electrons. The molecule has 0 saturated heterocycles. The first-order valence-electron chi connectivity index (χ1n) is 5.48. The normalized spacial score (nSPS) is 11.4. The number of carbonyl (C=O) groups is 3. The van der Waals surface area contributed by atoms with E-state index in [-0.39, 0.29) is 12.5 Å². The minimum Gasteiger partial charge on any atom is -0.480 e. The fraction of sp³-hybridized carbons (Fsp3) is 0.700. The molecule has 7 nitrogen and oxygen atoms in total. The van der Waals surface area contributed by atoms with Crippen molar-refractivity contribution in [3.63, 3.8) is 0 Å². The van der Waals surface area contributed by atoms with Crippen LogP contribution in [0, 0.1) is 0 Å². The number of urea groups is 1. The van der Waals surface area contributed by atoms with Crippen molar-refractivity contribution in [1.82, 2.24) is 16.0 Å². The van der Waals surface area contributed by atoms with E-state index < -0.39 is 18.0 Å². The number of hydrogen-bond acceptors (Lipinski definition) is 4. The molecule has 4 N–H and O–H groups in total. The summed E-state index contributed by atoms with van der Waals surface area (Å²) in [6, 6.07) is -1.44. The van der Waals surface area contributed by atoms with Gasteiger partial charge >= 0.3 is 12.0 Å². The summed E-state index contributed by atoms with van der Waals surface area (Å²) in [6.45, 7) is 1.94. The van der Waals surface area contributed by atoms with E-state index >= 15 is 0 Å². The Morgan fingerprint density at radius 2 is 1.83 bits per heavy atom. The van der Waals surface area contributed by atoms with Gasteiger partial charge in [-0.25, -0.2) is 9.59 Å². The van der Waals surface area contributed by atoms with E-state index in [1.54, 1.807) is 0 Å². The second-order valence-electron chi connectivity index (χ2n) is 3.56. The number of amides is 3. The zero-order chi connectivity index (χ0) is 14.0. The number of rotatable bonds is 8. The SMILES string of the molecule is CSCCC(NC(=O)NCCNC(C)=O)C(=O)O. The van der Waals surface area contributed by atoms with Crippen molar-refractivity contribution < 1.29 is 19.5 Å². The van der Waals surface area contributed by atoms with Crippen molar-refractivity contribution in [3.05, 3.63) is 0 Å². The highest BCUT2D eigenvalue weighted by Gasteiger charge is 2.18. The molecule has 0 rings (SSSR count). The Kier molecular flexibility index (Phi) is 8.81. The molecule has 1 unspecified atom stereocenters. The van der Waals surface area contributed by atoms with Crippen LogP contribution in [0.2, 0.25) is 0 Å². The standard InChI is InChI=1S/C10H19N3O4S/c1-7(14)11-4-5-12-10(17)13-8(9(15)16)3-6-18-2/h8H,3-6H2,1-2H3,(H,11,14)(H,15,16)(H2,12,13,17). The van der Waals surface area contributed by atoms with Gasteiger partial charge < -0.3 is 21.1 Å². The minimum absolute atomic E-state index is 0.180. The molecular formula is C10H19N3O4S. The Hall–Kier alpha value is -1.44. The van der Waals surface area contributed by atoms with Gasteiger partial charge in [-0.05, 0) is 18.4 Å². The van der Waals surface area contributed by atoms with Crippen LogP contribution in [0.1, 0.15) is 13.3 Å². The van der Waals surface area contributed by atoms with Crippen molar-refractivity contribution in [2.75, 3.05) is 25.1 Å². The largest absolute Gasteiger partial charge is 0.480 e. The van der Waals surface area contributed by atoms with E-state index in [0.29, 0.717) is 18.7 Å². The molecule has 0 heterocycles. The van der Waals surface area contributed by atoms with Crippen LogP contribution in [0.25, 0.3) is 0 Å². The van der Waals surface area contributed by atoms with Gasteiger partial charge in [0.15, 0.2) is 0 Å². The summed E-state index contributed by atoms with van der Waals surface area (Å²) in [7, 11) is 0. The summed E-state index contributed by atoms with van der Waals surface area (Å²) in [4.78, 5) is 32.8. The van der Waals surface area contributed by atoms with Crippen molar-refractivity contribution in [3.8, 4) is 0 Å². The lowest BCUT2D eigenvalue weighted by molar-refractivity contribution is -0.139. The maximum Gasteiger partial charge on any atom is 0.326 e. The summed E-state index contributed by atoms with van der Waals surface area (Å²) < 4.78 is 0. The highest BCUT2D eigenvalue weighted by Crippen LogP contribution is 2.00. The van der Waals surface area contributed by atoms with Gasteiger partial charge in [-0.2, -0.15) is 11.8 Å².